The molecule has 0 amide bonds. The quantitative estimate of drug-likeness (QED) is 0.296. The Bertz CT molecular complexity index is 1690. The zero-order valence-electron chi connectivity index (χ0n) is 23.5. The fraction of sp³-hybridized carbons (Fsp3) is 0.387. The minimum Gasteiger partial charge on any atom is -0.497 e. The molecule has 40 heavy (non-hydrogen) atoms. The van der Waals surface area contributed by atoms with Crippen molar-refractivity contribution in [2.24, 2.45) is 13.0 Å². The van der Waals surface area contributed by atoms with Crippen LogP contribution in [0.2, 0.25) is 0 Å². The smallest absolute Gasteiger partial charge is 0.132 e. The van der Waals surface area contributed by atoms with Crippen LogP contribution in [0, 0.1) is 18.7 Å². The number of nitrogens with zero attached hydrogens (tertiary/aromatic N) is 5. The molecular weight excluding hydrogens is 509 g/mol. The molecule has 1 saturated heterocycles. The van der Waals surface area contributed by atoms with Crippen LogP contribution in [0.3, 0.4) is 0 Å². The number of hydrogen-bond acceptors (Lipinski definition) is 6. The lowest BCUT2D eigenvalue weighted by molar-refractivity contribution is 0.0548. The highest BCUT2D eigenvalue weighted by molar-refractivity contribution is 6.07. The Morgan fingerprint density at radius 3 is 2.52 bits per heavy atom. The van der Waals surface area contributed by atoms with Crippen molar-refractivity contribution in [2.45, 2.75) is 45.3 Å². The van der Waals surface area contributed by atoms with Crippen molar-refractivity contribution in [2.75, 3.05) is 20.3 Å². The summed E-state index contributed by atoms with van der Waals surface area (Å²) in [6.45, 7) is 6.71. The molecular formula is C31H34FN5O3. The van der Waals surface area contributed by atoms with Crippen LogP contribution in [0.25, 0.3) is 33.2 Å². The van der Waals surface area contributed by atoms with Gasteiger partial charge in [-0.3, -0.25) is 4.98 Å². The van der Waals surface area contributed by atoms with Crippen molar-refractivity contribution in [1.29, 1.82) is 0 Å². The van der Waals surface area contributed by atoms with Gasteiger partial charge in [0.1, 0.15) is 11.6 Å². The van der Waals surface area contributed by atoms with E-state index < -0.39 is 5.60 Å². The number of benzene rings is 2. The summed E-state index contributed by atoms with van der Waals surface area (Å²) in [6.07, 6.45) is 3.43. The first kappa shape index (κ1) is 26.4. The molecule has 6 rings (SSSR count). The fourth-order valence-electron chi connectivity index (χ4n) is 6.08. The van der Waals surface area contributed by atoms with Gasteiger partial charge < -0.3 is 19.1 Å². The molecule has 0 unspecified atom stereocenters. The second-order valence-electron chi connectivity index (χ2n) is 11.2. The van der Waals surface area contributed by atoms with Crippen LogP contribution in [0.4, 0.5) is 4.39 Å². The third-order valence-electron chi connectivity index (χ3n) is 8.13. The number of halogens is 1. The Labute approximate surface area is 232 Å². The van der Waals surface area contributed by atoms with E-state index in [-0.39, 0.29) is 17.8 Å². The first-order chi connectivity index (χ1) is 19.2. The van der Waals surface area contributed by atoms with E-state index in [1.54, 1.807) is 18.5 Å². The summed E-state index contributed by atoms with van der Waals surface area (Å²) in [5, 5.41) is 20.3. The van der Waals surface area contributed by atoms with Crippen LogP contribution in [-0.4, -0.2) is 50.0 Å². The Morgan fingerprint density at radius 2 is 1.88 bits per heavy atom. The van der Waals surface area contributed by atoms with Gasteiger partial charge in [-0.2, -0.15) is 0 Å². The lowest BCUT2D eigenvalue weighted by Gasteiger charge is -2.33. The van der Waals surface area contributed by atoms with Crippen molar-refractivity contribution in [3.63, 3.8) is 0 Å². The summed E-state index contributed by atoms with van der Waals surface area (Å²) < 4.78 is 30.9. The molecule has 0 aliphatic carbocycles. The molecule has 9 heteroatoms. The second kappa shape index (κ2) is 9.98. The molecule has 1 aliphatic heterocycles. The molecule has 0 radical (unpaired) electrons. The zero-order chi connectivity index (χ0) is 28.2. The van der Waals surface area contributed by atoms with Gasteiger partial charge in [0.15, 0.2) is 0 Å². The van der Waals surface area contributed by atoms with Crippen LogP contribution in [0.1, 0.15) is 49.6 Å². The van der Waals surface area contributed by atoms with Gasteiger partial charge in [0.05, 0.1) is 46.7 Å². The van der Waals surface area contributed by atoms with Crippen LogP contribution < -0.4 is 4.74 Å². The molecule has 1 atom stereocenters. The average Bonchev–Trinajstić information content (AvgIpc) is 3.45. The fourth-order valence-corrected chi connectivity index (χ4v) is 6.08. The van der Waals surface area contributed by atoms with Crippen molar-refractivity contribution in [1.82, 2.24) is 24.5 Å². The van der Waals surface area contributed by atoms with Gasteiger partial charge in [-0.05, 0) is 63.3 Å². The van der Waals surface area contributed by atoms with Crippen molar-refractivity contribution >= 4 is 21.9 Å². The van der Waals surface area contributed by atoms with Crippen LogP contribution >= 0.6 is 0 Å². The van der Waals surface area contributed by atoms with Gasteiger partial charge in [-0.25, -0.2) is 9.07 Å². The van der Waals surface area contributed by atoms with Crippen molar-refractivity contribution in [3.05, 3.63) is 71.3 Å². The van der Waals surface area contributed by atoms with Gasteiger partial charge in [0.25, 0.3) is 0 Å². The maximum atomic E-state index is 15.9. The largest absolute Gasteiger partial charge is 0.497 e. The summed E-state index contributed by atoms with van der Waals surface area (Å²) in [5.41, 5.74) is 5.47. The Balaban J connectivity index is 1.70. The maximum absolute atomic E-state index is 15.9. The third-order valence-corrected chi connectivity index (χ3v) is 8.13. The highest BCUT2D eigenvalue weighted by atomic mass is 19.1. The molecule has 0 spiro atoms. The summed E-state index contributed by atoms with van der Waals surface area (Å²) >= 11 is 0. The van der Waals surface area contributed by atoms with E-state index in [2.05, 4.69) is 20.9 Å². The number of ether oxygens (including phenoxy) is 2. The number of hydrogen-bond donors (Lipinski definition) is 1. The second-order valence-corrected chi connectivity index (χ2v) is 11.2. The Morgan fingerprint density at radius 1 is 1.10 bits per heavy atom. The Kier molecular flexibility index (Phi) is 6.59. The molecule has 0 saturated carbocycles. The molecule has 3 aromatic heterocycles. The molecule has 0 bridgehead atoms. The molecule has 5 aromatic rings. The number of fused-ring (bicyclic) bond motifs is 3. The van der Waals surface area contributed by atoms with E-state index in [4.69, 9.17) is 14.5 Å². The van der Waals surface area contributed by atoms with E-state index in [1.807, 2.05) is 50.5 Å². The summed E-state index contributed by atoms with van der Waals surface area (Å²) in [5.74, 6) is 0.270. The minimum atomic E-state index is -1.05. The van der Waals surface area contributed by atoms with E-state index in [0.717, 1.165) is 57.3 Å². The molecule has 1 N–H and O–H groups in total. The van der Waals surface area contributed by atoms with Gasteiger partial charge in [0.2, 0.25) is 0 Å². The lowest BCUT2D eigenvalue weighted by Crippen LogP contribution is -2.27. The monoisotopic (exact) mass is 543 g/mol. The molecule has 1 fully saturated rings. The van der Waals surface area contributed by atoms with Crippen LogP contribution in [-0.2, 0) is 17.4 Å². The number of aromatic nitrogens is 5. The van der Waals surface area contributed by atoms with Crippen LogP contribution in [0.5, 0.6) is 5.75 Å². The molecule has 1 aliphatic rings. The number of methoxy groups -OCH3 is 1. The third kappa shape index (κ3) is 4.43. The standard InChI is InChI=1S/C31H34FN5O3/c1-18-29(36(4)35-34-18)20-14-27-28(33-17-20)24-8-6-21(31(2,3)38)15-26(24)37(27)30(19-10-12-40-13-11-19)23-9-7-22(39-5)16-25(23)32/h6-9,14-17,19,30,38H,10-13H2,1-5H3/t30-/m0/s1. The molecule has 4 heterocycles. The average molecular weight is 544 g/mol. The SMILES string of the molecule is COc1ccc([C@H](C2CCOCC2)n2c3cc(C(C)(C)O)ccc3c3ncc(-c4c(C)nnn4C)cc32)c(F)c1. The summed E-state index contributed by atoms with van der Waals surface area (Å²) in [7, 11) is 3.40. The zero-order valence-corrected chi connectivity index (χ0v) is 23.5. The maximum Gasteiger partial charge on any atom is 0.132 e. The van der Waals surface area contributed by atoms with Crippen molar-refractivity contribution < 1.29 is 19.0 Å². The minimum absolute atomic E-state index is 0.116. The highest BCUT2D eigenvalue weighted by Gasteiger charge is 2.33. The van der Waals surface area contributed by atoms with E-state index >= 15 is 4.39 Å². The number of aryl methyl sites for hydroxylation is 2. The normalized spacial score (nSPS) is 15.7. The summed E-state index contributed by atoms with van der Waals surface area (Å²) in [6, 6.07) is 12.8. The Hall–Kier alpha value is -3.82. The number of rotatable bonds is 6. The first-order valence-corrected chi connectivity index (χ1v) is 13.6. The molecule has 2 aromatic carbocycles. The topological polar surface area (TPSA) is 87.2 Å². The number of aliphatic hydroxyl groups is 1. The van der Waals surface area contributed by atoms with Gasteiger partial charge in [0, 0.05) is 49.0 Å². The van der Waals surface area contributed by atoms with Crippen molar-refractivity contribution in [3.8, 4) is 17.0 Å². The highest BCUT2D eigenvalue weighted by Crippen LogP contribution is 2.43. The van der Waals surface area contributed by atoms with E-state index in [0.29, 0.717) is 24.5 Å². The predicted molar refractivity (Wildman–Crippen MR) is 152 cm³/mol. The molecule has 8 nitrogen and oxygen atoms in total. The van der Waals surface area contributed by atoms with E-state index in [9.17, 15) is 5.11 Å². The predicted octanol–water partition coefficient (Wildman–Crippen LogP) is 5.68. The number of pyridine rings is 1. The lowest BCUT2D eigenvalue weighted by atomic mass is 9.86. The van der Waals surface area contributed by atoms with E-state index in [1.165, 1.54) is 13.2 Å². The van der Waals surface area contributed by atoms with Gasteiger partial charge >= 0.3 is 0 Å². The first-order valence-electron chi connectivity index (χ1n) is 13.6. The van der Waals surface area contributed by atoms with Gasteiger partial charge in [-0.15, -0.1) is 5.10 Å². The summed E-state index contributed by atoms with van der Waals surface area (Å²) in [4.78, 5) is 4.94. The molecule has 208 valence electrons. The van der Waals surface area contributed by atoms with Gasteiger partial charge in [-0.1, -0.05) is 23.4 Å². The van der Waals surface area contributed by atoms with Crippen LogP contribution in [0.15, 0.2) is 48.7 Å².